The van der Waals surface area contributed by atoms with Gasteiger partial charge in [-0.25, -0.2) is 9.97 Å². The van der Waals surface area contributed by atoms with Crippen LogP contribution in [-0.2, 0) is 6.18 Å². The van der Waals surface area contributed by atoms with E-state index in [-0.39, 0.29) is 5.92 Å². The van der Waals surface area contributed by atoms with E-state index < -0.39 is 11.2 Å². The highest BCUT2D eigenvalue weighted by atomic mass is 32.1. The van der Waals surface area contributed by atoms with Crippen molar-refractivity contribution in [3.63, 3.8) is 0 Å². The van der Waals surface area contributed by atoms with Gasteiger partial charge >= 0.3 is 6.18 Å². The first-order valence-electron chi connectivity index (χ1n) is 5.84. The summed E-state index contributed by atoms with van der Waals surface area (Å²) in [4.78, 5) is 11.1. The van der Waals surface area contributed by atoms with Crippen LogP contribution in [0, 0.1) is 11.6 Å². The Kier molecular flexibility index (Phi) is 3.97. The molecule has 0 aliphatic heterocycles. The number of nitrogens with zero attached hydrogens (tertiary/aromatic N) is 2. The van der Waals surface area contributed by atoms with Crippen LogP contribution in [0.25, 0.3) is 10.6 Å². The zero-order chi connectivity index (χ0) is 15.1. The highest BCUT2D eigenvalue weighted by molar-refractivity contribution is 7.71. The maximum Gasteiger partial charge on any atom is 0.443 e. The SMILES string of the molecule is Cc1c(-c2cnc(C(F)(F)F)s2)[nH]c(C(C)C)nc1=S. The Morgan fingerprint density at radius 3 is 2.50 bits per heavy atom. The van der Waals surface area contributed by atoms with Gasteiger partial charge in [0, 0.05) is 17.7 Å². The zero-order valence-electron chi connectivity index (χ0n) is 11.0. The average molecular weight is 319 g/mol. The Hall–Kier alpha value is -1.28. The Labute approximate surface area is 122 Å². The lowest BCUT2D eigenvalue weighted by Gasteiger charge is -2.10. The van der Waals surface area contributed by atoms with Crippen molar-refractivity contribution in [2.45, 2.75) is 32.9 Å². The number of aromatic nitrogens is 3. The third-order valence-corrected chi connectivity index (χ3v) is 4.17. The molecular weight excluding hydrogens is 307 g/mol. The molecular formula is C12H12F3N3S2. The van der Waals surface area contributed by atoms with Crippen LogP contribution in [0.1, 0.15) is 36.2 Å². The van der Waals surface area contributed by atoms with Crippen LogP contribution < -0.4 is 0 Å². The van der Waals surface area contributed by atoms with Gasteiger partial charge in [-0.3, -0.25) is 0 Å². The van der Waals surface area contributed by atoms with E-state index in [1.807, 2.05) is 13.8 Å². The van der Waals surface area contributed by atoms with Gasteiger partial charge in [-0.15, -0.1) is 11.3 Å². The topological polar surface area (TPSA) is 41.6 Å². The van der Waals surface area contributed by atoms with Gasteiger partial charge in [0.15, 0.2) is 5.01 Å². The second kappa shape index (κ2) is 5.25. The molecule has 0 fully saturated rings. The van der Waals surface area contributed by atoms with Gasteiger partial charge in [0.25, 0.3) is 0 Å². The monoisotopic (exact) mass is 319 g/mol. The van der Waals surface area contributed by atoms with Gasteiger partial charge in [-0.2, -0.15) is 13.2 Å². The molecule has 2 aromatic heterocycles. The normalized spacial score (nSPS) is 12.2. The van der Waals surface area contributed by atoms with Crippen molar-refractivity contribution in [1.29, 1.82) is 0 Å². The van der Waals surface area contributed by atoms with Gasteiger partial charge in [0.1, 0.15) is 10.5 Å². The predicted molar refractivity (Wildman–Crippen MR) is 74.4 cm³/mol. The van der Waals surface area contributed by atoms with E-state index in [0.29, 0.717) is 37.9 Å². The van der Waals surface area contributed by atoms with E-state index in [1.165, 1.54) is 6.20 Å². The first-order valence-corrected chi connectivity index (χ1v) is 7.07. The maximum absolute atomic E-state index is 12.6. The molecule has 0 bridgehead atoms. The molecule has 0 spiro atoms. The van der Waals surface area contributed by atoms with Gasteiger partial charge in [0.05, 0.1) is 10.6 Å². The summed E-state index contributed by atoms with van der Waals surface area (Å²) in [5.41, 5.74) is 1.21. The molecule has 108 valence electrons. The minimum atomic E-state index is -4.43. The number of aromatic amines is 1. The fourth-order valence-electron chi connectivity index (χ4n) is 1.59. The van der Waals surface area contributed by atoms with Crippen molar-refractivity contribution in [3.8, 4) is 10.6 Å². The Balaban J connectivity index is 2.58. The van der Waals surface area contributed by atoms with Crippen molar-refractivity contribution in [1.82, 2.24) is 15.0 Å². The summed E-state index contributed by atoms with van der Waals surface area (Å²) >= 11 is 5.75. The summed E-state index contributed by atoms with van der Waals surface area (Å²) in [5.74, 6) is 0.753. The molecule has 0 saturated carbocycles. The zero-order valence-corrected chi connectivity index (χ0v) is 12.6. The number of thiazole rings is 1. The molecule has 0 aliphatic carbocycles. The minimum absolute atomic E-state index is 0.103. The number of halogens is 3. The van der Waals surface area contributed by atoms with E-state index in [9.17, 15) is 13.2 Å². The van der Waals surface area contributed by atoms with Crippen LogP contribution in [0.5, 0.6) is 0 Å². The molecule has 1 N–H and O–H groups in total. The fourth-order valence-corrected chi connectivity index (χ4v) is 2.63. The molecule has 0 aromatic carbocycles. The minimum Gasteiger partial charge on any atom is -0.342 e. The number of alkyl halides is 3. The van der Waals surface area contributed by atoms with Crippen molar-refractivity contribution in [2.75, 3.05) is 0 Å². The van der Waals surface area contributed by atoms with Gasteiger partial charge < -0.3 is 4.98 Å². The van der Waals surface area contributed by atoms with Crippen molar-refractivity contribution >= 4 is 23.6 Å². The lowest BCUT2D eigenvalue weighted by Crippen LogP contribution is -2.03. The molecule has 0 atom stereocenters. The van der Waals surface area contributed by atoms with Gasteiger partial charge in [-0.1, -0.05) is 26.1 Å². The van der Waals surface area contributed by atoms with E-state index in [2.05, 4.69) is 15.0 Å². The Morgan fingerprint density at radius 1 is 1.35 bits per heavy atom. The van der Waals surface area contributed by atoms with Crippen LogP contribution in [-0.4, -0.2) is 15.0 Å². The summed E-state index contributed by atoms with van der Waals surface area (Å²) in [6, 6.07) is 0. The molecule has 20 heavy (non-hydrogen) atoms. The second-order valence-electron chi connectivity index (χ2n) is 4.61. The molecule has 2 heterocycles. The van der Waals surface area contributed by atoms with Crippen LogP contribution in [0.3, 0.4) is 0 Å². The Morgan fingerprint density at radius 2 is 2.00 bits per heavy atom. The molecule has 0 aliphatic rings. The fraction of sp³-hybridized carbons (Fsp3) is 0.417. The molecule has 0 unspecified atom stereocenters. The Bertz CT molecular complexity index is 686. The molecule has 3 nitrogen and oxygen atoms in total. The third-order valence-electron chi connectivity index (χ3n) is 2.71. The molecule has 8 heteroatoms. The van der Waals surface area contributed by atoms with Crippen molar-refractivity contribution in [3.05, 3.63) is 27.2 Å². The molecule has 2 aromatic rings. The van der Waals surface area contributed by atoms with Crippen molar-refractivity contribution < 1.29 is 13.2 Å². The third kappa shape index (κ3) is 2.90. The number of nitrogens with one attached hydrogen (secondary N) is 1. The summed E-state index contributed by atoms with van der Waals surface area (Å²) in [6.07, 6.45) is -3.22. The van der Waals surface area contributed by atoms with Crippen molar-refractivity contribution in [2.24, 2.45) is 0 Å². The summed E-state index contributed by atoms with van der Waals surface area (Å²) in [6.45, 7) is 5.60. The second-order valence-corrected chi connectivity index (χ2v) is 6.03. The predicted octanol–water partition coefficient (Wildman–Crippen LogP) is 4.71. The number of rotatable bonds is 2. The standard InChI is InChI=1S/C12H12F3N3S2/c1-5(2)9-17-8(6(3)10(19)18-9)7-4-16-11(20-7)12(13,14)15/h4-5H,1-3H3,(H,17,18,19). The van der Waals surface area contributed by atoms with E-state index >= 15 is 0 Å². The molecule has 2 rings (SSSR count). The van der Waals surface area contributed by atoms with Gasteiger partial charge in [0.2, 0.25) is 0 Å². The van der Waals surface area contributed by atoms with E-state index in [1.54, 1.807) is 6.92 Å². The number of hydrogen-bond donors (Lipinski definition) is 1. The van der Waals surface area contributed by atoms with Crippen LogP contribution in [0.4, 0.5) is 13.2 Å². The first kappa shape index (κ1) is 15.1. The quantitative estimate of drug-likeness (QED) is 0.815. The number of H-pyrrole nitrogens is 1. The lowest BCUT2D eigenvalue weighted by atomic mass is 10.1. The highest BCUT2D eigenvalue weighted by Crippen LogP contribution is 2.36. The summed E-state index contributed by atoms with van der Waals surface area (Å²) in [5, 5.41) is -0.867. The molecule has 0 saturated heterocycles. The highest BCUT2D eigenvalue weighted by Gasteiger charge is 2.34. The maximum atomic E-state index is 12.6. The van der Waals surface area contributed by atoms with Crippen LogP contribution >= 0.6 is 23.6 Å². The van der Waals surface area contributed by atoms with E-state index in [0.717, 1.165) is 0 Å². The smallest absolute Gasteiger partial charge is 0.342 e. The van der Waals surface area contributed by atoms with Crippen LogP contribution in [0.15, 0.2) is 6.20 Å². The van der Waals surface area contributed by atoms with Gasteiger partial charge in [-0.05, 0) is 6.92 Å². The summed E-state index contributed by atoms with van der Waals surface area (Å²) in [7, 11) is 0. The number of hydrogen-bond acceptors (Lipinski definition) is 4. The largest absolute Gasteiger partial charge is 0.443 e. The average Bonchev–Trinajstić information content (AvgIpc) is 2.81. The van der Waals surface area contributed by atoms with E-state index in [4.69, 9.17) is 12.2 Å². The molecule has 0 amide bonds. The molecule has 0 radical (unpaired) electrons. The lowest BCUT2D eigenvalue weighted by molar-refractivity contribution is -0.137. The first-order chi connectivity index (χ1) is 9.20. The summed E-state index contributed by atoms with van der Waals surface area (Å²) < 4.78 is 38.2. The van der Waals surface area contributed by atoms with Crippen LogP contribution in [0.2, 0.25) is 0 Å².